The Balaban J connectivity index is 2.50. The Hall–Kier alpha value is -2.25. The molecule has 0 radical (unpaired) electrons. The van der Waals surface area contributed by atoms with Crippen LogP contribution in [0.1, 0.15) is 11.7 Å². The summed E-state index contributed by atoms with van der Waals surface area (Å²) in [5, 5.41) is 18.9. The summed E-state index contributed by atoms with van der Waals surface area (Å²) in [4.78, 5) is 11.0. The van der Waals surface area contributed by atoms with Crippen LogP contribution < -0.4 is 4.74 Å². The van der Waals surface area contributed by atoms with E-state index in [9.17, 15) is 23.1 Å². The molecule has 0 spiro atoms. The highest BCUT2D eigenvalue weighted by Crippen LogP contribution is 2.33. The first-order valence-electron chi connectivity index (χ1n) is 6.24. The zero-order valence-electron chi connectivity index (χ0n) is 11.3. The predicted molar refractivity (Wildman–Crippen MR) is 76.2 cm³/mol. The van der Waals surface area contributed by atoms with Gasteiger partial charge in [-0.25, -0.2) is 4.79 Å². The number of hydrogen-bond acceptors (Lipinski definition) is 3. The predicted octanol–water partition coefficient (Wildman–Crippen LogP) is 4.02. The van der Waals surface area contributed by atoms with Crippen LogP contribution in [0.4, 0.5) is 13.2 Å². The fourth-order valence-corrected chi connectivity index (χ4v) is 2.20. The third-order valence-corrected chi connectivity index (χ3v) is 3.16. The smallest absolute Gasteiger partial charge is 0.479 e. The highest BCUT2D eigenvalue weighted by atomic mass is 35.5. The summed E-state index contributed by atoms with van der Waals surface area (Å²) >= 11 is 5.79. The van der Waals surface area contributed by atoms with Crippen LogP contribution in [-0.4, -0.2) is 22.5 Å². The van der Waals surface area contributed by atoms with E-state index >= 15 is 0 Å². The zero-order valence-corrected chi connectivity index (χ0v) is 12.1. The first-order chi connectivity index (χ1) is 10.7. The minimum atomic E-state index is -4.85. The molecule has 0 heterocycles. The molecule has 0 saturated carbocycles. The molecule has 0 aliphatic heterocycles. The Labute approximate surface area is 133 Å². The van der Waals surface area contributed by atoms with Gasteiger partial charge in [0.1, 0.15) is 5.75 Å². The third-order valence-electron chi connectivity index (χ3n) is 2.92. The average Bonchev–Trinajstić information content (AvgIpc) is 2.44. The standard InChI is InChI=1S/C15H10ClF3O4/c16-9-4-5-11(12(7-9)13(20)14(21)22)8-2-1-3-10(6-8)23-15(17,18)19/h1-7,13,20H,(H,21,22). The molecule has 0 aliphatic carbocycles. The van der Waals surface area contributed by atoms with Crippen LogP contribution in [0, 0.1) is 0 Å². The van der Waals surface area contributed by atoms with E-state index in [-0.39, 0.29) is 21.7 Å². The Morgan fingerprint density at radius 3 is 2.48 bits per heavy atom. The lowest BCUT2D eigenvalue weighted by atomic mass is 9.96. The van der Waals surface area contributed by atoms with Crippen LogP contribution in [-0.2, 0) is 4.79 Å². The van der Waals surface area contributed by atoms with Gasteiger partial charge >= 0.3 is 12.3 Å². The van der Waals surface area contributed by atoms with E-state index in [0.717, 1.165) is 12.1 Å². The lowest BCUT2D eigenvalue weighted by Gasteiger charge is -2.15. The van der Waals surface area contributed by atoms with E-state index in [4.69, 9.17) is 16.7 Å². The van der Waals surface area contributed by atoms with Gasteiger partial charge in [0.25, 0.3) is 0 Å². The second-order valence-electron chi connectivity index (χ2n) is 4.55. The lowest BCUT2D eigenvalue weighted by Crippen LogP contribution is -2.17. The second-order valence-corrected chi connectivity index (χ2v) is 4.98. The number of alkyl halides is 3. The quantitative estimate of drug-likeness (QED) is 0.877. The number of carbonyl (C=O) groups is 1. The number of rotatable bonds is 4. The number of ether oxygens (including phenoxy) is 1. The lowest BCUT2D eigenvalue weighted by molar-refractivity contribution is -0.274. The van der Waals surface area contributed by atoms with Crippen LogP contribution in [0.3, 0.4) is 0 Å². The maximum atomic E-state index is 12.3. The Kier molecular flexibility index (Phi) is 4.82. The molecular formula is C15H10ClF3O4. The van der Waals surface area contributed by atoms with Crippen molar-refractivity contribution in [1.82, 2.24) is 0 Å². The van der Waals surface area contributed by atoms with E-state index in [0.29, 0.717) is 0 Å². The molecule has 1 unspecified atom stereocenters. The van der Waals surface area contributed by atoms with E-state index in [1.54, 1.807) is 0 Å². The fourth-order valence-electron chi connectivity index (χ4n) is 2.02. The minimum absolute atomic E-state index is 0.0332. The van der Waals surface area contributed by atoms with Gasteiger partial charge in [0, 0.05) is 10.6 Å². The molecule has 2 N–H and O–H groups in total. The minimum Gasteiger partial charge on any atom is -0.479 e. The van der Waals surface area contributed by atoms with Crippen molar-refractivity contribution in [2.24, 2.45) is 0 Å². The van der Waals surface area contributed by atoms with Gasteiger partial charge in [-0.2, -0.15) is 0 Å². The summed E-state index contributed by atoms with van der Waals surface area (Å²) in [7, 11) is 0. The Morgan fingerprint density at radius 2 is 1.87 bits per heavy atom. The molecule has 0 aliphatic rings. The van der Waals surface area contributed by atoms with Gasteiger partial charge in [0.15, 0.2) is 6.10 Å². The van der Waals surface area contributed by atoms with E-state index in [1.165, 1.54) is 30.3 Å². The first-order valence-corrected chi connectivity index (χ1v) is 6.61. The molecular weight excluding hydrogens is 337 g/mol. The second kappa shape index (κ2) is 6.47. The van der Waals surface area contributed by atoms with Gasteiger partial charge in [-0.1, -0.05) is 29.8 Å². The van der Waals surface area contributed by atoms with Gasteiger partial charge in [-0.15, -0.1) is 13.2 Å². The Morgan fingerprint density at radius 1 is 1.17 bits per heavy atom. The van der Waals surface area contributed by atoms with Crippen LogP contribution in [0.5, 0.6) is 5.75 Å². The van der Waals surface area contributed by atoms with Crippen LogP contribution >= 0.6 is 11.6 Å². The first kappa shape index (κ1) is 17.1. The number of aliphatic hydroxyl groups is 1. The topological polar surface area (TPSA) is 66.8 Å². The molecule has 23 heavy (non-hydrogen) atoms. The van der Waals surface area contributed by atoms with Crippen molar-refractivity contribution in [3.8, 4) is 16.9 Å². The number of halogens is 4. The van der Waals surface area contributed by atoms with Gasteiger partial charge in [0.2, 0.25) is 0 Å². The summed E-state index contributed by atoms with van der Waals surface area (Å²) < 4.78 is 40.7. The maximum absolute atomic E-state index is 12.3. The highest BCUT2D eigenvalue weighted by molar-refractivity contribution is 6.30. The molecule has 8 heteroatoms. The fraction of sp³-hybridized carbons (Fsp3) is 0.133. The number of aliphatic carboxylic acids is 1. The molecule has 0 saturated heterocycles. The van der Waals surface area contributed by atoms with Crippen LogP contribution in [0.25, 0.3) is 11.1 Å². The molecule has 2 aromatic rings. The van der Waals surface area contributed by atoms with Crippen molar-refractivity contribution in [1.29, 1.82) is 0 Å². The van der Waals surface area contributed by atoms with Gasteiger partial charge in [-0.05, 0) is 35.4 Å². The van der Waals surface area contributed by atoms with Gasteiger partial charge < -0.3 is 14.9 Å². The summed E-state index contributed by atoms with van der Waals surface area (Å²) in [6, 6.07) is 9.08. The van der Waals surface area contributed by atoms with Crippen molar-refractivity contribution < 1.29 is 32.9 Å². The summed E-state index contributed by atoms with van der Waals surface area (Å²) in [5.74, 6) is -1.96. The highest BCUT2D eigenvalue weighted by Gasteiger charge is 2.31. The van der Waals surface area contributed by atoms with Crippen LogP contribution in [0.15, 0.2) is 42.5 Å². The monoisotopic (exact) mass is 346 g/mol. The molecule has 122 valence electrons. The molecule has 0 bridgehead atoms. The van der Waals surface area contributed by atoms with Gasteiger partial charge in [0.05, 0.1) is 0 Å². The number of carboxylic acid groups (broad SMARTS) is 1. The van der Waals surface area contributed by atoms with Crippen LogP contribution in [0.2, 0.25) is 5.02 Å². The SMILES string of the molecule is O=C(O)C(O)c1cc(Cl)ccc1-c1cccc(OC(F)(F)F)c1. The number of carboxylic acids is 1. The van der Waals surface area contributed by atoms with Gasteiger partial charge in [-0.3, -0.25) is 0 Å². The molecule has 1 atom stereocenters. The number of aliphatic hydroxyl groups excluding tert-OH is 1. The normalized spacial score (nSPS) is 12.7. The third kappa shape index (κ3) is 4.37. The van der Waals surface area contributed by atoms with E-state index in [1.807, 2.05) is 0 Å². The van der Waals surface area contributed by atoms with Crippen molar-refractivity contribution >= 4 is 17.6 Å². The molecule has 2 aromatic carbocycles. The maximum Gasteiger partial charge on any atom is 0.573 e. The average molecular weight is 347 g/mol. The Bertz CT molecular complexity index is 731. The largest absolute Gasteiger partial charge is 0.573 e. The zero-order chi connectivity index (χ0) is 17.2. The number of benzene rings is 2. The molecule has 0 fully saturated rings. The molecule has 0 aromatic heterocycles. The van der Waals surface area contributed by atoms with Crippen molar-refractivity contribution in [2.45, 2.75) is 12.5 Å². The van der Waals surface area contributed by atoms with Crippen molar-refractivity contribution in [2.75, 3.05) is 0 Å². The van der Waals surface area contributed by atoms with E-state index < -0.39 is 24.2 Å². The van der Waals surface area contributed by atoms with E-state index in [2.05, 4.69) is 4.74 Å². The summed E-state index contributed by atoms with van der Waals surface area (Å²) in [6.45, 7) is 0. The molecule has 4 nitrogen and oxygen atoms in total. The number of hydrogen-bond donors (Lipinski definition) is 2. The van der Waals surface area contributed by atoms with Crippen molar-refractivity contribution in [3.05, 3.63) is 53.1 Å². The molecule has 0 amide bonds. The van der Waals surface area contributed by atoms with Crippen molar-refractivity contribution in [3.63, 3.8) is 0 Å². The summed E-state index contributed by atoms with van der Waals surface area (Å²) in [5.41, 5.74) is 0.449. The molecule has 2 rings (SSSR count). The summed E-state index contributed by atoms with van der Waals surface area (Å²) in [6.07, 6.45) is -6.71.